The van der Waals surface area contributed by atoms with Crippen molar-refractivity contribution >= 4 is 27.3 Å². The minimum absolute atomic E-state index is 0.0659. The average Bonchev–Trinajstić information content (AvgIpc) is 3.19. The molecule has 3 N–H and O–H groups in total. The number of nitrogens with one attached hydrogen (secondary N) is 3. The predicted molar refractivity (Wildman–Crippen MR) is 114 cm³/mol. The van der Waals surface area contributed by atoms with Gasteiger partial charge in [-0.15, -0.1) is 0 Å². The lowest BCUT2D eigenvalue weighted by atomic mass is 10.0. The first-order valence-electron chi connectivity index (χ1n) is 9.91. The molecule has 2 aliphatic rings. The number of benzene rings is 2. The molecule has 2 aromatic carbocycles. The summed E-state index contributed by atoms with van der Waals surface area (Å²) in [4.78, 5) is 12.7. The van der Waals surface area contributed by atoms with E-state index in [0.717, 1.165) is 12.0 Å². The Hall–Kier alpha value is -2.42. The molecule has 2 heterocycles. The first-order valence-corrected chi connectivity index (χ1v) is 11.5. The number of anilines is 2. The van der Waals surface area contributed by atoms with Gasteiger partial charge in [-0.1, -0.05) is 35.9 Å². The highest BCUT2D eigenvalue weighted by molar-refractivity contribution is 7.92. The van der Waals surface area contributed by atoms with Gasteiger partial charge in [0.05, 0.1) is 11.4 Å². The number of aryl methyl sites for hydroxylation is 1. The minimum atomic E-state index is -3.28. The van der Waals surface area contributed by atoms with E-state index in [1.165, 1.54) is 9.87 Å². The maximum atomic E-state index is 12.7. The van der Waals surface area contributed by atoms with Crippen molar-refractivity contribution in [1.29, 1.82) is 0 Å². The van der Waals surface area contributed by atoms with Gasteiger partial charge in [-0.05, 0) is 49.9 Å². The fourth-order valence-electron chi connectivity index (χ4n) is 3.79. The second kappa shape index (κ2) is 8.14. The van der Waals surface area contributed by atoms with Crippen LogP contribution >= 0.6 is 0 Å². The molecule has 29 heavy (non-hydrogen) atoms. The van der Waals surface area contributed by atoms with Gasteiger partial charge in [0.15, 0.2) is 0 Å². The Kier molecular flexibility index (Phi) is 5.58. The maximum absolute atomic E-state index is 12.7. The highest BCUT2D eigenvalue weighted by Gasteiger charge is 2.30. The molecule has 2 atom stereocenters. The van der Waals surface area contributed by atoms with Crippen molar-refractivity contribution < 1.29 is 13.2 Å². The van der Waals surface area contributed by atoms with Crippen LogP contribution in [0.3, 0.4) is 0 Å². The number of hydrogen-bond donors (Lipinski definition) is 3. The van der Waals surface area contributed by atoms with E-state index in [1.54, 1.807) is 24.3 Å². The van der Waals surface area contributed by atoms with E-state index in [1.807, 2.05) is 6.92 Å². The summed E-state index contributed by atoms with van der Waals surface area (Å²) in [7, 11) is -3.28. The predicted octanol–water partition coefficient (Wildman–Crippen LogP) is 2.47. The molecule has 2 fully saturated rings. The Morgan fingerprint density at radius 2 is 1.90 bits per heavy atom. The molecule has 0 spiro atoms. The smallest absolute Gasteiger partial charge is 0.242 e. The van der Waals surface area contributed by atoms with Crippen LogP contribution in [-0.4, -0.2) is 32.7 Å². The third-order valence-electron chi connectivity index (χ3n) is 5.45. The molecule has 7 nitrogen and oxygen atoms in total. The van der Waals surface area contributed by atoms with Crippen molar-refractivity contribution in [3.05, 3.63) is 59.7 Å². The molecular formula is C21H26N4O3S. The van der Waals surface area contributed by atoms with E-state index in [-0.39, 0.29) is 23.7 Å². The summed E-state index contributed by atoms with van der Waals surface area (Å²) in [6.07, 6.45) is 2.17. The number of rotatable bonds is 4. The van der Waals surface area contributed by atoms with Crippen molar-refractivity contribution in [3.63, 3.8) is 0 Å². The number of amides is 1. The number of nitrogens with zero attached hydrogens (tertiary/aromatic N) is 1. The molecule has 8 heteroatoms. The molecule has 2 saturated heterocycles. The summed E-state index contributed by atoms with van der Waals surface area (Å²) < 4.78 is 26.1. The summed E-state index contributed by atoms with van der Waals surface area (Å²) >= 11 is 0. The lowest BCUT2D eigenvalue weighted by molar-refractivity contribution is -0.117. The Morgan fingerprint density at radius 1 is 1.10 bits per heavy atom. The van der Waals surface area contributed by atoms with Crippen LogP contribution in [0.4, 0.5) is 11.4 Å². The normalized spacial score (nSPS) is 23.7. The number of sulfonamides is 1. The van der Waals surface area contributed by atoms with E-state index in [0.29, 0.717) is 30.8 Å². The molecule has 0 saturated carbocycles. The van der Waals surface area contributed by atoms with E-state index >= 15 is 0 Å². The standard InChI is InChI=1S/C21H26N4O3S/c1-15-7-9-16(10-8-15)19-14-20(24-23-19)21(26)22-17-5-4-6-18(13-17)25-11-2-3-12-29(25,27)28/h4-10,13,19-20,23-24H,2-3,11-12,14H2,1H3,(H,22,26). The lowest BCUT2D eigenvalue weighted by Gasteiger charge is -2.28. The van der Waals surface area contributed by atoms with Gasteiger partial charge in [0, 0.05) is 18.3 Å². The molecule has 0 radical (unpaired) electrons. The van der Waals surface area contributed by atoms with E-state index in [4.69, 9.17) is 0 Å². The van der Waals surface area contributed by atoms with E-state index < -0.39 is 10.0 Å². The molecule has 0 aliphatic carbocycles. The van der Waals surface area contributed by atoms with Gasteiger partial charge in [-0.3, -0.25) is 9.10 Å². The van der Waals surface area contributed by atoms with Gasteiger partial charge in [0.1, 0.15) is 6.04 Å². The van der Waals surface area contributed by atoms with Crippen molar-refractivity contribution in [2.24, 2.45) is 0 Å². The van der Waals surface area contributed by atoms with Crippen molar-refractivity contribution in [2.45, 2.75) is 38.3 Å². The van der Waals surface area contributed by atoms with Gasteiger partial charge < -0.3 is 5.32 Å². The quantitative estimate of drug-likeness (QED) is 0.715. The monoisotopic (exact) mass is 414 g/mol. The summed E-state index contributed by atoms with van der Waals surface area (Å²) in [5.41, 5.74) is 9.77. The number of carbonyl (C=O) groups excluding carboxylic acids is 1. The molecule has 1 amide bonds. The molecule has 2 unspecified atom stereocenters. The Bertz CT molecular complexity index is 991. The third kappa shape index (κ3) is 4.44. The van der Waals surface area contributed by atoms with Gasteiger partial charge in [-0.2, -0.15) is 0 Å². The fraction of sp³-hybridized carbons (Fsp3) is 0.381. The lowest BCUT2D eigenvalue weighted by Crippen LogP contribution is -2.39. The largest absolute Gasteiger partial charge is 0.325 e. The summed E-state index contributed by atoms with van der Waals surface area (Å²) in [6.45, 7) is 2.52. The zero-order valence-electron chi connectivity index (χ0n) is 16.4. The molecule has 4 rings (SSSR count). The Labute approximate surface area is 171 Å². The highest BCUT2D eigenvalue weighted by atomic mass is 32.2. The number of carbonyl (C=O) groups is 1. The van der Waals surface area contributed by atoms with E-state index in [9.17, 15) is 13.2 Å². The maximum Gasteiger partial charge on any atom is 0.242 e. The van der Waals surface area contributed by atoms with Gasteiger partial charge >= 0.3 is 0 Å². The summed E-state index contributed by atoms with van der Waals surface area (Å²) in [5.74, 6) is 0.0209. The SMILES string of the molecule is Cc1ccc(C2CC(C(=O)Nc3cccc(N4CCCCS4(=O)=O)c3)NN2)cc1. The molecule has 154 valence electrons. The zero-order chi connectivity index (χ0) is 20.4. The van der Waals surface area contributed by atoms with Gasteiger partial charge in [-0.25, -0.2) is 19.3 Å². The van der Waals surface area contributed by atoms with Crippen LogP contribution in [-0.2, 0) is 14.8 Å². The Balaban J connectivity index is 1.42. The third-order valence-corrected chi connectivity index (χ3v) is 7.32. The van der Waals surface area contributed by atoms with E-state index in [2.05, 4.69) is 40.4 Å². The molecule has 0 bridgehead atoms. The van der Waals surface area contributed by atoms with Crippen LogP contribution in [0.5, 0.6) is 0 Å². The zero-order valence-corrected chi connectivity index (χ0v) is 17.2. The van der Waals surface area contributed by atoms with Crippen LogP contribution in [0.15, 0.2) is 48.5 Å². The first-order chi connectivity index (χ1) is 13.9. The molecule has 2 aromatic rings. The van der Waals surface area contributed by atoms with Crippen LogP contribution in [0.1, 0.15) is 36.4 Å². The number of hydrogen-bond acceptors (Lipinski definition) is 5. The van der Waals surface area contributed by atoms with Crippen LogP contribution in [0.2, 0.25) is 0 Å². The average molecular weight is 415 g/mol. The molecule has 0 aromatic heterocycles. The number of hydrazine groups is 1. The topological polar surface area (TPSA) is 90.5 Å². The fourth-order valence-corrected chi connectivity index (χ4v) is 5.42. The van der Waals surface area contributed by atoms with Crippen LogP contribution < -0.4 is 20.5 Å². The highest BCUT2D eigenvalue weighted by Crippen LogP contribution is 2.27. The summed E-state index contributed by atoms with van der Waals surface area (Å²) in [5, 5.41) is 2.91. The van der Waals surface area contributed by atoms with Crippen molar-refractivity contribution in [2.75, 3.05) is 21.9 Å². The van der Waals surface area contributed by atoms with Gasteiger partial charge in [0.2, 0.25) is 15.9 Å². The van der Waals surface area contributed by atoms with Crippen LogP contribution in [0.25, 0.3) is 0 Å². The second-order valence-corrected chi connectivity index (χ2v) is 9.69. The van der Waals surface area contributed by atoms with Crippen LogP contribution in [0, 0.1) is 6.92 Å². The minimum Gasteiger partial charge on any atom is -0.325 e. The first kappa shape index (κ1) is 19.9. The molecular weight excluding hydrogens is 388 g/mol. The van der Waals surface area contributed by atoms with Crippen molar-refractivity contribution in [1.82, 2.24) is 10.9 Å². The molecule has 2 aliphatic heterocycles. The van der Waals surface area contributed by atoms with Gasteiger partial charge in [0.25, 0.3) is 0 Å². The Morgan fingerprint density at radius 3 is 2.66 bits per heavy atom. The van der Waals surface area contributed by atoms with Crippen molar-refractivity contribution in [3.8, 4) is 0 Å². The summed E-state index contributed by atoms with van der Waals surface area (Å²) in [6, 6.07) is 15.0. The second-order valence-electron chi connectivity index (χ2n) is 7.68.